The van der Waals surface area contributed by atoms with Crippen LogP contribution < -0.4 is 10.1 Å². The molecule has 1 N–H and O–H groups in total. The van der Waals surface area contributed by atoms with E-state index in [4.69, 9.17) is 4.74 Å². The Labute approximate surface area is 120 Å². The third-order valence-corrected chi connectivity index (χ3v) is 3.62. The minimum absolute atomic E-state index is 0.0901. The Hall–Kier alpha value is -1.56. The molecule has 0 saturated heterocycles. The second kappa shape index (κ2) is 7.28. The van der Waals surface area contributed by atoms with Gasteiger partial charge in [-0.2, -0.15) is 5.10 Å². The van der Waals surface area contributed by atoms with Crippen molar-refractivity contribution in [2.45, 2.75) is 33.2 Å². The first-order valence-electron chi connectivity index (χ1n) is 7.45. The summed E-state index contributed by atoms with van der Waals surface area (Å²) in [6.45, 7) is 9.58. The Balaban J connectivity index is 1.79. The lowest BCUT2D eigenvalue weighted by atomic mass is 10.3. The number of aryl methyl sites for hydroxylation is 1. The Kier molecular flexibility index (Phi) is 5.40. The molecule has 1 aliphatic rings. The topological polar surface area (TPSA) is 59.4 Å². The van der Waals surface area contributed by atoms with Gasteiger partial charge in [-0.25, -0.2) is 4.68 Å². The molecule has 1 aromatic heterocycles. The number of fused-ring (bicyclic) bond motifs is 1. The van der Waals surface area contributed by atoms with E-state index in [0.29, 0.717) is 24.6 Å². The SMILES string of the molecule is CCN(CC)CCCNC(=O)c1cnn2c1OCCC2. The van der Waals surface area contributed by atoms with Crippen molar-refractivity contribution < 1.29 is 9.53 Å². The highest BCUT2D eigenvalue weighted by molar-refractivity contribution is 5.96. The summed E-state index contributed by atoms with van der Waals surface area (Å²) in [5.74, 6) is 0.519. The van der Waals surface area contributed by atoms with Gasteiger partial charge in [0.1, 0.15) is 5.56 Å². The summed E-state index contributed by atoms with van der Waals surface area (Å²) in [7, 11) is 0. The minimum atomic E-state index is -0.0901. The van der Waals surface area contributed by atoms with E-state index < -0.39 is 0 Å². The Morgan fingerprint density at radius 2 is 2.30 bits per heavy atom. The molecule has 0 aliphatic carbocycles. The molecule has 6 heteroatoms. The number of nitrogens with one attached hydrogen (secondary N) is 1. The zero-order valence-corrected chi connectivity index (χ0v) is 12.4. The Morgan fingerprint density at radius 3 is 3.05 bits per heavy atom. The van der Waals surface area contributed by atoms with Gasteiger partial charge in [0.2, 0.25) is 5.88 Å². The van der Waals surface area contributed by atoms with Gasteiger partial charge in [-0.05, 0) is 26.1 Å². The first kappa shape index (κ1) is 14.8. The van der Waals surface area contributed by atoms with Gasteiger partial charge in [-0.1, -0.05) is 13.8 Å². The highest BCUT2D eigenvalue weighted by Gasteiger charge is 2.21. The normalized spacial score (nSPS) is 13.9. The first-order chi connectivity index (χ1) is 9.76. The third-order valence-electron chi connectivity index (χ3n) is 3.62. The quantitative estimate of drug-likeness (QED) is 0.761. The van der Waals surface area contributed by atoms with Crippen molar-refractivity contribution in [3.8, 4) is 5.88 Å². The molecule has 0 unspecified atom stereocenters. The van der Waals surface area contributed by atoms with E-state index in [9.17, 15) is 4.79 Å². The van der Waals surface area contributed by atoms with Crippen LogP contribution in [-0.2, 0) is 6.54 Å². The first-order valence-corrected chi connectivity index (χ1v) is 7.45. The van der Waals surface area contributed by atoms with E-state index >= 15 is 0 Å². The molecule has 2 heterocycles. The monoisotopic (exact) mass is 280 g/mol. The van der Waals surface area contributed by atoms with E-state index in [2.05, 4.69) is 29.2 Å². The molecule has 0 bridgehead atoms. The van der Waals surface area contributed by atoms with Crippen LogP contribution in [0.1, 0.15) is 37.0 Å². The highest BCUT2D eigenvalue weighted by Crippen LogP contribution is 2.21. The fraction of sp³-hybridized carbons (Fsp3) is 0.714. The van der Waals surface area contributed by atoms with Crippen LogP contribution in [0, 0.1) is 0 Å². The predicted octanol–water partition coefficient (Wildman–Crippen LogP) is 1.13. The van der Waals surface area contributed by atoms with Crippen LogP contribution in [0.2, 0.25) is 0 Å². The average molecular weight is 280 g/mol. The zero-order valence-electron chi connectivity index (χ0n) is 12.4. The van der Waals surface area contributed by atoms with Crippen molar-refractivity contribution >= 4 is 5.91 Å². The van der Waals surface area contributed by atoms with Gasteiger partial charge in [0.25, 0.3) is 5.91 Å². The molecular formula is C14H24N4O2. The van der Waals surface area contributed by atoms with E-state index in [-0.39, 0.29) is 5.91 Å². The number of hydrogen-bond acceptors (Lipinski definition) is 4. The molecule has 0 radical (unpaired) electrons. The van der Waals surface area contributed by atoms with Gasteiger partial charge < -0.3 is 15.0 Å². The maximum Gasteiger partial charge on any atom is 0.258 e. The number of hydrogen-bond donors (Lipinski definition) is 1. The van der Waals surface area contributed by atoms with Crippen molar-refractivity contribution in [3.63, 3.8) is 0 Å². The van der Waals surface area contributed by atoms with Gasteiger partial charge in [-0.15, -0.1) is 0 Å². The summed E-state index contributed by atoms with van der Waals surface area (Å²) in [5, 5.41) is 7.12. The van der Waals surface area contributed by atoms with Crippen molar-refractivity contribution in [2.75, 3.05) is 32.8 Å². The molecule has 1 aromatic rings. The van der Waals surface area contributed by atoms with E-state index in [1.54, 1.807) is 10.9 Å². The highest BCUT2D eigenvalue weighted by atomic mass is 16.5. The summed E-state index contributed by atoms with van der Waals surface area (Å²) < 4.78 is 7.28. The summed E-state index contributed by atoms with van der Waals surface area (Å²) >= 11 is 0. The second-order valence-corrected chi connectivity index (χ2v) is 4.92. The van der Waals surface area contributed by atoms with Crippen molar-refractivity contribution in [1.82, 2.24) is 20.0 Å². The largest absolute Gasteiger partial charge is 0.477 e. The molecule has 0 fully saturated rings. The lowest BCUT2D eigenvalue weighted by Crippen LogP contribution is -2.30. The maximum atomic E-state index is 12.1. The van der Waals surface area contributed by atoms with Crippen LogP contribution in [0.15, 0.2) is 6.20 Å². The van der Waals surface area contributed by atoms with E-state index in [1.807, 2.05) is 0 Å². The lowest BCUT2D eigenvalue weighted by molar-refractivity contribution is 0.0945. The minimum Gasteiger partial charge on any atom is -0.477 e. The molecule has 0 saturated carbocycles. The van der Waals surface area contributed by atoms with Gasteiger partial charge >= 0.3 is 0 Å². The van der Waals surface area contributed by atoms with Crippen molar-refractivity contribution in [2.24, 2.45) is 0 Å². The molecule has 112 valence electrons. The van der Waals surface area contributed by atoms with Crippen LogP contribution >= 0.6 is 0 Å². The van der Waals surface area contributed by atoms with Crippen LogP contribution in [0.3, 0.4) is 0 Å². The summed E-state index contributed by atoms with van der Waals surface area (Å²) in [5.41, 5.74) is 0.549. The maximum absolute atomic E-state index is 12.1. The number of rotatable bonds is 7. The van der Waals surface area contributed by atoms with Crippen LogP contribution in [-0.4, -0.2) is 53.4 Å². The molecule has 6 nitrogen and oxygen atoms in total. The van der Waals surface area contributed by atoms with Gasteiger partial charge in [0.05, 0.1) is 12.8 Å². The lowest BCUT2D eigenvalue weighted by Gasteiger charge is -2.18. The molecule has 1 aliphatic heterocycles. The molecule has 2 rings (SSSR count). The number of aromatic nitrogens is 2. The number of ether oxygens (including phenoxy) is 1. The molecule has 20 heavy (non-hydrogen) atoms. The van der Waals surface area contributed by atoms with Gasteiger partial charge in [0.15, 0.2) is 0 Å². The summed E-state index contributed by atoms with van der Waals surface area (Å²) in [6.07, 6.45) is 3.50. The van der Waals surface area contributed by atoms with Crippen molar-refractivity contribution in [3.05, 3.63) is 11.8 Å². The van der Waals surface area contributed by atoms with Crippen LogP contribution in [0.25, 0.3) is 0 Å². The van der Waals surface area contributed by atoms with Gasteiger partial charge in [0, 0.05) is 19.5 Å². The fourth-order valence-electron chi connectivity index (χ4n) is 2.36. The average Bonchev–Trinajstić information content (AvgIpc) is 2.91. The summed E-state index contributed by atoms with van der Waals surface area (Å²) in [6, 6.07) is 0. The van der Waals surface area contributed by atoms with E-state index in [1.165, 1.54) is 0 Å². The molecule has 1 amide bonds. The molecule has 0 atom stereocenters. The summed E-state index contributed by atoms with van der Waals surface area (Å²) in [4.78, 5) is 14.4. The zero-order chi connectivity index (χ0) is 14.4. The number of carbonyl (C=O) groups excluding carboxylic acids is 1. The third kappa shape index (κ3) is 3.50. The van der Waals surface area contributed by atoms with Crippen LogP contribution in [0.5, 0.6) is 5.88 Å². The smallest absolute Gasteiger partial charge is 0.258 e. The number of carbonyl (C=O) groups is 1. The number of amides is 1. The second-order valence-electron chi connectivity index (χ2n) is 4.92. The molecular weight excluding hydrogens is 256 g/mol. The molecule has 0 aromatic carbocycles. The standard InChI is InChI=1S/C14H24N4O2/c1-3-17(4-2)8-5-7-15-13(19)12-11-16-18-9-6-10-20-14(12)18/h11H,3-10H2,1-2H3,(H,15,19). The molecule has 0 spiro atoms. The Bertz CT molecular complexity index is 440. The van der Waals surface area contributed by atoms with Crippen molar-refractivity contribution in [1.29, 1.82) is 0 Å². The fourth-order valence-corrected chi connectivity index (χ4v) is 2.36. The number of nitrogens with zero attached hydrogens (tertiary/aromatic N) is 3. The Morgan fingerprint density at radius 1 is 1.50 bits per heavy atom. The van der Waals surface area contributed by atoms with Crippen LogP contribution in [0.4, 0.5) is 0 Å². The van der Waals surface area contributed by atoms with Gasteiger partial charge in [-0.3, -0.25) is 4.79 Å². The van der Waals surface area contributed by atoms with E-state index in [0.717, 1.165) is 39.0 Å². The predicted molar refractivity (Wildman–Crippen MR) is 77.1 cm³/mol.